The normalized spacial score (nSPS) is 10.4. The fourth-order valence-electron chi connectivity index (χ4n) is 2.01. The third-order valence-corrected chi connectivity index (χ3v) is 3.00. The van der Waals surface area contributed by atoms with Gasteiger partial charge in [0.05, 0.1) is 20.8 Å². The molecule has 27 heavy (non-hydrogen) atoms. The minimum absolute atomic E-state index is 0.347. The summed E-state index contributed by atoms with van der Waals surface area (Å²) >= 11 is 0. The molecule has 0 saturated carbocycles. The number of benzene rings is 1. The van der Waals surface area contributed by atoms with Crippen LogP contribution in [-0.4, -0.2) is 56.0 Å². The maximum Gasteiger partial charge on any atom is 0.330 e. The van der Waals surface area contributed by atoms with E-state index in [2.05, 4.69) is 51.9 Å². The second-order valence-electron chi connectivity index (χ2n) is 4.51. The topological polar surface area (TPSA) is 262 Å². The van der Waals surface area contributed by atoms with Crippen molar-refractivity contribution in [3.63, 3.8) is 0 Å². The highest BCUT2D eigenvalue weighted by Crippen LogP contribution is 2.47. The van der Waals surface area contributed by atoms with E-state index in [0.717, 1.165) is 0 Å². The fraction of sp³-hybridized carbons (Fsp3) is 0. The molecule has 0 bridgehead atoms. The van der Waals surface area contributed by atoms with E-state index >= 15 is 0 Å². The van der Waals surface area contributed by atoms with Crippen LogP contribution >= 0.6 is 0 Å². The summed E-state index contributed by atoms with van der Waals surface area (Å²) in [7, 11) is 0. The monoisotopic (exact) mass is 379 g/mol. The number of nitro groups is 3. The second-order valence-corrected chi connectivity index (χ2v) is 4.51. The van der Waals surface area contributed by atoms with Gasteiger partial charge in [-0.25, -0.2) is 0 Å². The maximum absolute atomic E-state index is 11.6. The van der Waals surface area contributed by atoms with E-state index < -0.39 is 43.2 Å². The first-order chi connectivity index (χ1) is 12.9. The Hall–Kier alpha value is -4.84. The van der Waals surface area contributed by atoms with Crippen LogP contribution in [0.5, 0.6) is 0 Å². The Morgan fingerprint density at radius 1 is 0.778 bits per heavy atom. The summed E-state index contributed by atoms with van der Waals surface area (Å²) in [5.41, 5.74) is -4.40. The van der Waals surface area contributed by atoms with Crippen molar-refractivity contribution in [3.05, 3.63) is 36.4 Å². The van der Waals surface area contributed by atoms with Crippen LogP contribution in [0.25, 0.3) is 0 Å². The Morgan fingerprint density at radius 3 is 1.52 bits per heavy atom. The molecule has 3 rings (SSSR count). The molecule has 1 aromatic carbocycles. The molecule has 0 radical (unpaired) electrons. The van der Waals surface area contributed by atoms with Gasteiger partial charge in [0, 0.05) is 0 Å². The lowest BCUT2D eigenvalue weighted by atomic mass is 10.1. The quantitative estimate of drug-likeness (QED) is 0.309. The highest BCUT2D eigenvalue weighted by atomic mass is 16.6. The van der Waals surface area contributed by atoms with Gasteiger partial charge in [-0.05, 0) is 10.4 Å². The van der Waals surface area contributed by atoms with E-state index in [9.17, 15) is 30.3 Å². The third kappa shape index (κ3) is 3.21. The number of aromatic amines is 2. The standard InChI is InChI=1S/C8H5N13O6/c22-19(23)2-1-3(20(24)25)5(10-8-13-17-18-14-8)6(21(26)27)4(2)9-7-11-15-16-12-7/h1H,(H2,9,11,12,15,16)(H2,10,13,14,17,18). The van der Waals surface area contributed by atoms with E-state index in [0.29, 0.717) is 6.07 Å². The van der Waals surface area contributed by atoms with Crippen molar-refractivity contribution in [2.75, 3.05) is 10.6 Å². The first-order valence-electron chi connectivity index (χ1n) is 6.53. The van der Waals surface area contributed by atoms with Crippen molar-refractivity contribution in [2.24, 2.45) is 0 Å². The maximum atomic E-state index is 11.6. The van der Waals surface area contributed by atoms with Crippen molar-refractivity contribution >= 4 is 40.3 Å². The van der Waals surface area contributed by atoms with Gasteiger partial charge in [-0.2, -0.15) is 10.4 Å². The molecule has 3 aromatic rings. The molecule has 0 fully saturated rings. The number of nitrogens with zero attached hydrogens (tertiary/aromatic N) is 9. The molecule has 138 valence electrons. The van der Waals surface area contributed by atoms with Crippen molar-refractivity contribution in [2.45, 2.75) is 0 Å². The van der Waals surface area contributed by atoms with Gasteiger partial charge in [0.15, 0.2) is 0 Å². The van der Waals surface area contributed by atoms with Gasteiger partial charge in [0.25, 0.3) is 11.9 Å². The van der Waals surface area contributed by atoms with E-state index in [-0.39, 0.29) is 11.9 Å². The number of aromatic nitrogens is 8. The second kappa shape index (κ2) is 6.58. The molecule has 0 aliphatic carbocycles. The van der Waals surface area contributed by atoms with Crippen LogP contribution in [0.2, 0.25) is 0 Å². The van der Waals surface area contributed by atoms with Crippen LogP contribution in [0.4, 0.5) is 40.3 Å². The van der Waals surface area contributed by atoms with Gasteiger partial charge in [0.1, 0.15) is 0 Å². The van der Waals surface area contributed by atoms with Gasteiger partial charge in [-0.1, -0.05) is 10.2 Å². The highest BCUT2D eigenvalue weighted by molar-refractivity contribution is 5.92. The first-order valence-corrected chi connectivity index (χ1v) is 6.53. The van der Waals surface area contributed by atoms with E-state index in [1.54, 1.807) is 0 Å². The number of nitrogens with one attached hydrogen (secondary N) is 4. The lowest BCUT2D eigenvalue weighted by molar-refractivity contribution is -0.400. The number of hydrogen-bond donors (Lipinski definition) is 4. The molecule has 0 saturated heterocycles. The first kappa shape index (κ1) is 17.0. The summed E-state index contributed by atoms with van der Waals surface area (Å²) in [5, 5.41) is 63.1. The van der Waals surface area contributed by atoms with Crippen LogP contribution in [0.3, 0.4) is 0 Å². The van der Waals surface area contributed by atoms with Crippen LogP contribution in [0.1, 0.15) is 0 Å². The Bertz CT molecular complexity index is 942. The third-order valence-electron chi connectivity index (χ3n) is 3.00. The summed E-state index contributed by atoms with van der Waals surface area (Å²) < 4.78 is 0. The number of tetrazole rings is 2. The van der Waals surface area contributed by atoms with Crippen molar-refractivity contribution in [1.29, 1.82) is 0 Å². The van der Waals surface area contributed by atoms with Crippen LogP contribution in [0, 0.1) is 30.3 Å². The molecule has 19 heteroatoms. The van der Waals surface area contributed by atoms with Crippen LogP contribution in [0.15, 0.2) is 6.07 Å². The van der Waals surface area contributed by atoms with E-state index in [4.69, 9.17) is 0 Å². The Morgan fingerprint density at radius 2 is 1.22 bits per heavy atom. The van der Waals surface area contributed by atoms with Crippen molar-refractivity contribution in [3.8, 4) is 0 Å². The molecule has 0 spiro atoms. The molecular formula is C8H5N13O6. The number of H-pyrrole nitrogens is 2. The molecule has 2 aromatic heterocycles. The summed E-state index contributed by atoms with van der Waals surface area (Å²) in [5.74, 6) is -0.693. The minimum atomic E-state index is -1.06. The predicted molar refractivity (Wildman–Crippen MR) is 81.3 cm³/mol. The molecular weight excluding hydrogens is 374 g/mol. The van der Waals surface area contributed by atoms with Gasteiger partial charge >= 0.3 is 17.1 Å². The average molecular weight is 379 g/mol. The van der Waals surface area contributed by atoms with Gasteiger partial charge in [0.2, 0.25) is 11.4 Å². The number of rotatable bonds is 7. The molecule has 0 atom stereocenters. The lowest BCUT2D eigenvalue weighted by Gasteiger charge is -2.09. The van der Waals surface area contributed by atoms with Gasteiger partial charge in [-0.3, -0.25) is 30.3 Å². The smallest absolute Gasteiger partial charge is 0.310 e. The fourth-order valence-corrected chi connectivity index (χ4v) is 2.01. The average Bonchev–Trinajstić information content (AvgIpc) is 3.28. The zero-order chi connectivity index (χ0) is 19.6. The molecule has 0 aliphatic heterocycles. The number of anilines is 4. The Balaban J connectivity index is 2.30. The number of hydrogen-bond acceptors (Lipinski definition) is 14. The van der Waals surface area contributed by atoms with Gasteiger partial charge < -0.3 is 10.6 Å². The highest BCUT2D eigenvalue weighted by Gasteiger charge is 2.38. The minimum Gasteiger partial charge on any atom is -0.310 e. The van der Waals surface area contributed by atoms with Gasteiger partial charge in [-0.15, -0.1) is 10.2 Å². The molecule has 2 heterocycles. The van der Waals surface area contributed by atoms with Crippen LogP contribution in [-0.2, 0) is 0 Å². The molecule has 0 amide bonds. The van der Waals surface area contributed by atoms with E-state index in [1.807, 2.05) is 0 Å². The van der Waals surface area contributed by atoms with Crippen molar-refractivity contribution in [1.82, 2.24) is 41.2 Å². The molecule has 0 unspecified atom stereocenters. The SMILES string of the molecule is O=[N+]([O-])c1cc([N+](=O)[O-])c(Nc2nn[nH]n2)c([N+](=O)[O-])c1Nc1nn[nH]n1. The zero-order valence-corrected chi connectivity index (χ0v) is 12.6. The van der Waals surface area contributed by atoms with Crippen molar-refractivity contribution < 1.29 is 14.8 Å². The lowest BCUT2D eigenvalue weighted by Crippen LogP contribution is -2.08. The molecule has 4 N–H and O–H groups in total. The summed E-state index contributed by atoms with van der Waals surface area (Å²) in [6, 6.07) is 0.526. The summed E-state index contributed by atoms with van der Waals surface area (Å²) in [4.78, 5) is 31.1. The largest absolute Gasteiger partial charge is 0.330 e. The Labute approximate surface area is 144 Å². The predicted octanol–water partition coefficient (Wildman–Crippen LogP) is -0.0754. The summed E-state index contributed by atoms with van der Waals surface area (Å²) in [6.45, 7) is 0. The van der Waals surface area contributed by atoms with Crippen LogP contribution < -0.4 is 10.6 Å². The number of nitro benzene ring substituents is 3. The molecule has 19 nitrogen and oxygen atoms in total. The zero-order valence-electron chi connectivity index (χ0n) is 12.6. The van der Waals surface area contributed by atoms with E-state index in [1.165, 1.54) is 0 Å². The molecule has 0 aliphatic rings. The summed E-state index contributed by atoms with van der Waals surface area (Å²) in [6.07, 6.45) is 0. The Kier molecular flexibility index (Phi) is 4.14.